The molecule has 2 atom stereocenters. The van der Waals surface area contributed by atoms with E-state index in [9.17, 15) is 0 Å². The highest BCUT2D eigenvalue weighted by Crippen LogP contribution is 2.42. The standard InChI is InChI=1S/C10H20.C2H6/c1-8-5-6-9(2)10(3,4)7-8;1-2/h8-9H,5-7H2,1-4H3;1-2H3/t8-,9?;/m0./s1. The van der Waals surface area contributed by atoms with Crippen LogP contribution in [-0.2, 0) is 0 Å². The quantitative estimate of drug-likeness (QED) is 0.502. The first kappa shape index (κ1) is 12.0. The zero-order chi connectivity index (χ0) is 9.78. The van der Waals surface area contributed by atoms with Gasteiger partial charge in [0.1, 0.15) is 0 Å². The van der Waals surface area contributed by atoms with Gasteiger partial charge in [-0.25, -0.2) is 0 Å². The number of rotatable bonds is 0. The third-order valence-corrected chi connectivity index (χ3v) is 3.30. The molecule has 1 unspecified atom stereocenters. The molecular weight excluding hydrogens is 144 g/mol. The van der Waals surface area contributed by atoms with Gasteiger partial charge < -0.3 is 0 Å². The highest BCUT2D eigenvalue weighted by Gasteiger charge is 2.31. The summed E-state index contributed by atoms with van der Waals surface area (Å²) in [5.41, 5.74) is 0.609. The monoisotopic (exact) mass is 170 g/mol. The van der Waals surface area contributed by atoms with Crippen molar-refractivity contribution in [2.24, 2.45) is 17.3 Å². The van der Waals surface area contributed by atoms with E-state index in [1.165, 1.54) is 19.3 Å². The Morgan fingerprint density at radius 3 is 1.83 bits per heavy atom. The molecule has 0 aliphatic heterocycles. The van der Waals surface area contributed by atoms with Crippen LogP contribution in [0.1, 0.15) is 60.8 Å². The SMILES string of the molecule is CC.CC1CC[C@H](C)CC1(C)C. The van der Waals surface area contributed by atoms with Crippen molar-refractivity contribution in [3.63, 3.8) is 0 Å². The fourth-order valence-electron chi connectivity index (χ4n) is 2.13. The Balaban J connectivity index is 0.000000561. The molecule has 0 radical (unpaired) electrons. The van der Waals surface area contributed by atoms with Gasteiger partial charge in [0.15, 0.2) is 0 Å². The molecule has 1 rings (SSSR count). The Kier molecular flexibility index (Phi) is 4.89. The highest BCUT2D eigenvalue weighted by atomic mass is 14.4. The predicted octanol–water partition coefficient (Wildman–Crippen LogP) is 4.49. The molecule has 12 heavy (non-hydrogen) atoms. The van der Waals surface area contributed by atoms with Gasteiger partial charge in [0, 0.05) is 0 Å². The molecule has 1 fully saturated rings. The fourth-order valence-corrected chi connectivity index (χ4v) is 2.13. The van der Waals surface area contributed by atoms with Crippen molar-refractivity contribution < 1.29 is 0 Å². The van der Waals surface area contributed by atoms with Crippen LogP contribution >= 0.6 is 0 Å². The molecule has 0 aromatic carbocycles. The molecule has 1 aliphatic carbocycles. The largest absolute Gasteiger partial charge is 0.0683 e. The van der Waals surface area contributed by atoms with E-state index >= 15 is 0 Å². The van der Waals surface area contributed by atoms with Crippen molar-refractivity contribution in [2.75, 3.05) is 0 Å². The van der Waals surface area contributed by atoms with E-state index in [0.717, 1.165) is 11.8 Å². The molecular formula is C12H26. The van der Waals surface area contributed by atoms with E-state index in [-0.39, 0.29) is 0 Å². The van der Waals surface area contributed by atoms with Crippen LogP contribution in [0, 0.1) is 17.3 Å². The van der Waals surface area contributed by atoms with Gasteiger partial charge in [0.2, 0.25) is 0 Å². The minimum absolute atomic E-state index is 0.609. The summed E-state index contributed by atoms with van der Waals surface area (Å²) >= 11 is 0. The summed E-state index contributed by atoms with van der Waals surface area (Å²) in [6.45, 7) is 13.6. The normalized spacial score (nSPS) is 33.5. The first-order chi connectivity index (χ1) is 5.52. The zero-order valence-corrected chi connectivity index (χ0v) is 9.78. The van der Waals surface area contributed by atoms with Crippen molar-refractivity contribution in [1.29, 1.82) is 0 Å². The molecule has 1 saturated carbocycles. The fraction of sp³-hybridized carbons (Fsp3) is 1.00. The Bertz CT molecular complexity index is 113. The lowest BCUT2D eigenvalue weighted by atomic mass is 9.66. The van der Waals surface area contributed by atoms with Gasteiger partial charge >= 0.3 is 0 Å². The Morgan fingerprint density at radius 2 is 1.50 bits per heavy atom. The van der Waals surface area contributed by atoms with Crippen molar-refractivity contribution in [1.82, 2.24) is 0 Å². The molecule has 1 aliphatic rings. The Hall–Kier alpha value is 0. The summed E-state index contributed by atoms with van der Waals surface area (Å²) in [4.78, 5) is 0. The average Bonchev–Trinajstić information content (AvgIpc) is 2.01. The van der Waals surface area contributed by atoms with Crippen LogP contribution in [0.15, 0.2) is 0 Å². The molecule has 0 amide bonds. The minimum Gasteiger partial charge on any atom is -0.0683 e. The third kappa shape index (κ3) is 3.16. The Labute approximate surface area is 78.8 Å². The lowest BCUT2D eigenvalue weighted by molar-refractivity contribution is 0.115. The molecule has 74 valence electrons. The van der Waals surface area contributed by atoms with Crippen LogP contribution in [0.4, 0.5) is 0 Å². The molecule has 0 heterocycles. The van der Waals surface area contributed by atoms with Crippen LogP contribution in [0.25, 0.3) is 0 Å². The molecule has 0 spiro atoms. The maximum atomic E-state index is 2.41. The summed E-state index contributed by atoms with van der Waals surface area (Å²) in [6, 6.07) is 0. The highest BCUT2D eigenvalue weighted by molar-refractivity contribution is 4.82. The van der Waals surface area contributed by atoms with E-state index in [0.29, 0.717) is 5.41 Å². The number of hydrogen-bond acceptors (Lipinski definition) is 0. The predicted molar refractivity (Wildman–Crippen MR) is 57.3 cm³/mol. The van der Waals surface area contributed by atoms with E-state index in [2.05, 4.69) is 27.7 Å². The first-order valence-corrected chi connectivity index (χ1v) is 5.52. The lowest BCUT2D eigenvalue weighted by Crippen LogP contribution is -2.29. The zero-order valence-electron chi connectivity index (χ0n) is 9.78. The van der Waals surface area contributed by atoms with Gasteiger partial charge in [-0.3, -0.25) is 0 Å². The van der Waals surface area contributed by atoms with E-state index < -0.39 is 0 Å². The average molecular weight is 170 g/mol. The van der Waals surface area contributed by atoms with Crippen LogP contribution in [0.3, 0.4) is 0 Å². The van der Waals surface area contributed by atoms with Gasteiger partial charge in [0.25, 0.3) is 0 Å². The van der Waals surface area contributed by atoms with Crippen LogP contribution in [0.5, 0.6) is 0 Å². The maximum Gasteiger partial charge on any atom is -0.0326 e. The molecule has 0 N–H and O–H groups in total. The molecule has 0 saturated heterocycles. The Morgan fingerprint density at radius 1 is 1.00 bits per heavy atom. The smallest absolute Gasteiger partial charge is 0.0326 e. The summed E-state index contributed by atoms with van der Waals surface area (Å²) in [5, 5.41) is 0. The topological polar surface area (TPSA) is 0 Å². The van der Waals surface area contributed by atoms with E-state index in [1.807, 2.05) is 13.8 Å². The van der Waals surface area contributed by atoms with Gasteiger partial charge in [-0.15, -0.1) is 0 Å². The third-order valence-electron chi connectivity index (χ3n) is 3.30. The number of hydrogen-bond donors (Lipinski definition) is 0. The van der Waals surface area contributed by atoms with Gasteiger partial charge in [-0.05, 0) is 30.1 Å². The van der Waals surface area contributed by atoms with E-state index in [1.54, 1.807) is 0 Å². The molecule has 0 nitrogen and oxygen atoms in total. The van der Waals surface area contributed by atoms with Gasteiger partial charge in [-0.2, -0.15) is 0 Å². The summed E-state index contributed by atoms with van der Waals surface area (Å²) in [6.07, 6.45) is 4.31. The minimum atomic E-state index is 0.609. The second-order valence-electron chi connectivity index (χ2n) is 4.78. The molecule has 0 aromatic rings. The second kappa shape index (κ2) is 4.89. The van der Waals surface area contributed by atoms with Gasteiger partial charge in [0.05, 0.1) is 0 Å². The summed E-state index contributed by atoms with van der Waals surface area (Å²) in [5.74, 6) is 1.90. The maximum absolute atomic E-state index is 2.41. The lowest BCUT2D eigenvalue weighted by Gasteiger charge is -2.39. The molecule has 0 heteroatoms. The van der Waals surface area contributed by atoms with Crippen molar-refractivity contribution in [3.8, 4) is 0 Å². The van der Waals surface area contributed by atoms with Crippen molar-refractivity contribution in [2.45, 2.75) is 60.8 Å². The van der Waals surface area contributed by atoms with Crippen molar-refractivity contribution in [3.05, 3.63) is 0 Å². The molecule has 0 aromatic heterocycles. The molecule has 0 bridgehead atoms. The van der Waals surface area contributed by atoms with Gasteiger partial charge in [-0.1, -0.05) is 48.0 Å². The second-order valence-corrected chi connectivity index (χ2v) is 4.78. The summed E-state index contributed by atoms with van der Waals surface area (Å²) in [7, 11) is 0. The first-order valence-electron chi connectivity index (χ1n) is 5.52. The van der Waals surface area contributed by atoms with Crippen LogP contribution < -0.4 is 0 Å². The summed E-state index contributed by atoms with van der Waals surface area (Å²) < 4.78 is 0. The van der Waals surface area contributed by atoms with Crippen LogP contribution in [0.2, 0.25) is 0 Å². The van der Waals surface area contributed by atoms with Crippen LogP contribution in [-0.4, -0.2) is 0 Å². The van der Waals surface area contributed by atoms with E-state index in [4.69, 9.17) is 0 Å². The van der Waals surface area contributed by atoms with Crippen molar-refractivity contribution >= 4 is 0 Å².